The molecule has 1 aliphatic carbocycles. The average molecular weight is 254 g/mol. The third-order valence-electron chi connectivity index (χ3n) is 3.94. The molecule has 0 aromatic carbocycles. The second-order valence-corrected chi connectivity index (χ2v) is 5.25. The maximum absolute atomic E-state index is 6.07. The Bertz CT molecular complexity index is 604. The van der Waals surface area contributed by atoms with E-state index in [0.717, 1.165) is 36.2 Å². The second kappa shape index (κ2) is 3.88. The zero-order valence-electron chi connectivity index (χ0n) is 10.4. The number of rotatable bonds is 2. The summed E-state index contributed by atoms with van der Waals surface area (Å²) in [4.78, 5) is 19.0. The van der Waals surface area contributed by atoms with Gasteiger partial charge in [-0.2, -0.15) is 0 Å². The van der Waals surface area contributed by atoms with E-state index in [1.165, 1.54) is 12.7 Å². The quantitative estimate of drug-likeness (QED) is 0.860. The first-order chi connectivity index (χ1) is 9.31. The van der Waals surface area contributed by atoms with Crippen molar-refractivity contribution in [1.29, 1.82) is 0 Å². The van der Waals surface area contributed by atoms with Gasteiger partial charge in [0, 0.05) is 25.5 Å². The van der Waals surface area contributed by atoms with Gasteiger partial charge in [0.2, 0.25) is 0 Å². The van der Waals surface area contributed by atoms with E-state index in [2.05, 4.69) is 24.8 Å². The van der Waals surface area contributed by atoms with Crippen LogP contribution in [0.4, 0.5) is 11.5 Å². The smallest absolute Gasteiger partial charge is 0.164 e. The molecule has 4 rings (SSSR count). The minimum atomic E-state index is 0.537. The minimum Gasteiger partial charge on any atom is -0.382 e. The number of hydrogen-bond donors (Lipinski definition) is 1. The molecule has 1 aliphatic heterocycles. The van der Waals surface area contributed by atoms with Crippen LogP contribution >= 0.6 is 0 Å². The van der Waals surface area contributed by atoms with Crippen LogP contribution in [0, 0.1) is 11.8 Å². The Morgan fingerprint density at radius 3 is 2.53 bits per heavy atom. The largest absolute Gasteiger partial charge is 0.382 e. The predicted molar refractivity (Wildman–Crippen MR) is 71.3 cm³/mol. The van der Waals surface area contributed by atoms with Crippen LogP contribution in [0.1, 0.15) is 6.42 Å². The highest BCUT2D eigenvalue weighted by molar-refractivity contribution is 5.66. The van der Waals surface area contributed by atoms with Gasteiger partial charge in [0.05, 0.1) is 17.4 Å². The Balaban J connectivity index is 1.65. The molecule has 2 unspecified atom stereocenters. The van der Waals surface area contributed by atoms with Crippen molar-refractivity contribution in [3.8, 4) is 11.4 Å². The zero-order chi connectivity index (χ0) is 12.8. The normalized spacial score (nSPS) is 24.3. The summed E-state index contributed by atoms with van der Waals surface area (Å²) in [5.41, 5.74) is 7.80. The summed E-state index contributed by atoms with van der Waals surface area (Å²) in [6.45, 7) is 2.18. The van der Waals surface area contributed by atoms with Crippen LogP contribution < -0.4 is 10.6 Å². The van der Waals surface area contributed by atoms with Crippen molar-refractivity contribution in [3.05, 3.63) is 24.9 Å². The molecular formula is C13H14N6. The number of nitrogens with two attached hydrogens (primary N) is 1. The van der Waals surface area contributed by atoms with E-state index >= 15 is 0 Å². The van der Waals surface area contributed by atoms with Crippen molar-refractivity contribution in [2.45, 2.75) is 6.42 Å². The number of nitrogen functional groups attached to an aromatic ring is 1. The molecule has 3 heterocycles. The lowest BCUT2D eigenvalue weighted by atomic mass is 10.3. The second-order valence-electron chi connectivity index (χ2n) is 5.25. The van der Waals surface area contributed by atoms with Gasteiger partial charge < -0.3 is 10.6 Å². The fourth-order valence-corrected chi connectivity index (χ4v) is 2.78. The molecule has 1 saturated carbocycles. The number of nitrogens with zero attached hydrogens (tertiary/aromatic N) is 5. The van der Waals surface area contributed by atoms with Gasteiger partial charge in [-0.1, -0.05) is 0 Å². The van der Waals surface area contributed by atoms with E-state index in [0.29, 0.717) is 11.6 Å². The number of hydrogen-bond acceptors (Lipinski definition) is 6. The fourth-order valence-electron chi connectivity index (χ4n) is 2.78. The summed E-state index contributed by atoms with van der Waals surface area (Å²) < 4.78 is 0. The predicted octanol–water partition coefficient (Wildman–Crippen LogP) is 0.972. The Labute approximate surface area is 110 Å². The topological polar surface area (TPSA) is 80.8 Å². The van der Waals surface area contributed by atoms with Crippen molar-refractivity contribution in [3.63, 3.8) is 0 Å². The average Bonchev–Trinajstić information content (AvgIpc) is 3.06. The Morgan fingerprint density at radius 2 is 1.84 bits per heavy atom. The van der Waals surface area contributed by atoms with E-state index in [4.69, 9.17) is 5.73 Å². The van der Waals surface area contributed by atoms with E-state index in [-0.39, 0.29) is 0 Å². The van der Waals surface area contributed by atoms with Gasteiger partial charge in [0.15, 0.2) is 11.6 Å². The monoisotopic (exact) mass is 254 g/mol. The molecule has 6 heteroatoms. The highest BCUT2D eigenvalue weighted by Gasteiger charge is 2.45. The van der Waals surface area contributed by atoms with Crippen LogP contribution in [0.3, 0.4) is 0 Å². The number of piperidine rings is 1. The molecular weight excluding hydrogens is 240 g/mol. The van der Waals surface area contributed by atoms with Gasteiger partial charge in [-0.25, -0.2) is 19.9 Å². The summed E-state index contributed by atoms with van der Waals surface area (Å²) >= 11 is 0. The van der Waals surface area contributed by atoms with Gasteiger partial charge in [-0.05, 0) is 18.3 Å². The van der Waals surface area contributed by atoms with Crippen LogP contribution in [-0.4, -0.2) is 33.0 Å². The van der Waals surface area contributed by atoms with Gasteiger partial charge in [-0.15, -0.1) is 0 Å². The summed E-state index contributed by atoms with van der Waals surface area (Å²) in [5, 5.41) is 0. The number of fused-ring (bicyclic) bond motifs is 1. The summed E-state index contributed by atoms with van der Waals surface area (Å²) in [7, 11) is 0. The standard InChI is InChI=1S/C13H14N6/c14-12-11(19-5-8-1-9(8)6-19)4-17-13(18-12)10-2-15-7-16-3-10/h2-4,7-9H,1,5-6H2,(H2,14,17,18). The zero-order valence-corrected chi connectivity index (χ0v) is 10.4. The highest BCUT2D eigenvalue weighted by atomic mass is 15.2. The Kier molecular flexibility index (Phi) is 2.18. The molecule has 19 heavy (non-hydrogen) atoms. The van der Waals surface area contributed by atoms with E-state index < -0.39 is 0 Å². The van der Waals surface area contributed by atoms with E-state index in [1.807, 2.05) is 6.20 Å². The van der Waals surface area contributed by atoms with E-state index in [9.17, 15) is 0 Å². The molecule has 0 bridgehead atoms. The third kappa shape index (κ3) is 1.80. The van der Waals surface area contributed by atoms with Gasteiger partial charge in [-0.3, -0.25) is 0 Å². The number of anilines is 2. The summed E-state index contributed by atoms with van der Waals surface area (Å²) in [6, 6.07) is 0. The maximum atomic E-state index is 6.07. The van der Waals surface area contributed by atoms with Gasteiger partial charge in [0.25, 0.3) is 0 Å². The van der Waals surface area contributed by atoms with Crippen molar-refractivity contribution in [2.24, 2.45) is 11.8 Å². The van der Waals surface area contributed by atoms with Gasteiger partial charge in [0.1, 0.15) is 6.33 Å². The van der Waals surface area contributed by atoms with Gasteiger partial charge >= 0.3 is 0 Å². The van der Waals surface area contributed by atoms with Crippen molar-refractivity contribution in [2.75, 3.05) is 23.7 Å². The lowest BCUT2D eigenvalue weighted by Crippen LogP contribution is -2.23. The minimum absolute atomic E-state index is 0.537. The lowest BCUT2D eigenvalue weighted by Gasteiger charge is -2.21. The van der Waals surface area contributed by atoms with Crippen molar-refractivity contribution in [1.82, 2.24) is 19.9 Å². The first-order valence-electron chi connectivity index (χ1n) is 6.44. The molecule has 0 radical (unpaired) electrons. The molecule has 96 valence electrons. The molecule has 0 amide bonds. The first kappa shape index (κ1) is 10.7. The molecule has 1 saturated heterocycles. The molecule has 2 atom stereocenters. The molecule has 0 spiro atoms. The molecule has 2 aliphatic rings. The molecule has 2 aromatic heterocycles. The van der Waals surface area contributed by atoms with Crippen LogP contribution in [0.15, 0.2) is 24.9 Å². The third-order valence-corrected chi connectivity index (χ3v) is 3.94. The Morgan fingerprint density at radius 1 is 1.11 bits per heavy atom. The van der Waals surface area contributed by atoms with Crippen LogP contribution in [0.2, 0.25) is 0 Å². The lowest BCUT2D eigenvalue weighted by molar-refractivity contribution is 0.816. The van der Waals surface area contributed by atoms with Crippen molar-refractivity contribution < 1.29 is 0 Å². The molecule has 2 fully saturated rings. The molecule has 6 nitrogen and oxygen atoms in total. The van der Waals surface area contributed by atoms with Crippen LogP contribution in [0.5, 0.6) is 0 Å². The van der Waals surface area contributed by atoms with E-state index in [1.54, 1.807) is 12.4 Å². The first-order valence-corrected chi connectivity index (χ1v) is 6.44. The fraction of sp³-hybridized carbons (Fsp3) is 0.385. The maximum Gasteiger partial charge on any atom is 0.164 e. The highest BCUT2D eigenvalue weighted by Crippen LogP contribution is 2.46. The number of aromatic nitrogens is 4. The summed E-state index contributed by atoms with van der Waals surface area (Å²) in [5.74, 6) is 2.84. The SMILES string of the molecule is Nc1nc(-c2cncnc2)ncc1N1CC2CC2C1. The Hall–Kier alpha value is -2.24. The van der Waals surface area contributed by atoms with Crippen molar-refractivity contribution >= 4 is 11.5 Å². The molecule has 2 aromatic rings. The van der Waals surface area contributed by atoms with Crippen LogP contribution in [0.25, 0.3) is 11.4 Å². The summed E-state index contributed by atoms with van der Waals surface area (Å²) in [6.07, 6.45) is 8.04. The van der Waals surface area contributed by atoms with Crippen LogP contribution in [-0.2, 0) is 0 Å². The molecule has 2 N–H and O–H groups in total.